The van der Waals surface area contributed by atoms with Crippen LogP contribution in [0.3, 0.4) is 0 Å². The first-order valence-corrected chi connectivity index (χ1v) is 14.7. The summed E-state index contributed by atoms with van der Waals surface area (Å²) >= 11 is 0. The molecule has 1 aliphatic rings. The number of anilines is 1. The molecule has 0 saturated heterocycles. The first-order chi connectivity index (χ1) is 22.6. The van der Waals surface area contributed by atoms with Crippen LogP contribution in [0.1, 0.15) is 31.8 Å². The highest BCUT2D eigenvalue weighted by Gasteiger charge is 2.39. The number of aromatic nitrogens is 1. The van der Waals surface area contributed by atoms with Gasteiger partial charge >= 0.3 is 0 Å². The summed E-state index contributed by atoms with van der Waals surface area (Å²) in [6.07, 6.45) is 0. The van der Waals surface area contributed by atoms with Crippen molar-refractivity contribution in [2.24, 2.45) is 0 Å². The minimum Gasteiger partial charge on any atom is -0.308 e. The van der Waals surface area contributed by atoms with Crippen LogP contribution in [0.15, 0.2) is 133 Å². The minimum atomic E-state index is -0.374. The Hall–Kier alpha value is -6.76. The van der Waals surface area contributed by atoms with Crippen LogP contribution in [-0.2, 0) is 0 Å². The largest absolute Gasteiger partial charge is 0.308 e. The van der Waals surface area contributed by atoms with Crippen molar-refractivity contribution in [3.63, 3.8) is 0 Å². The SMILES string of the molecule is N#Cc1cc(C#N)cc(-c2ccc3c(c2)c2ccccc2n3-c2cccc3c2C(=O)N(c2cccc(-c4ccccc4)c2)C3=O)c1. The van der Waals surface area contributed by atoms with Crippen molar-refractivity contribution in [1.82, 2.24) is 4.57 Å². The van der Waals surface area contributed by atoms with E-state index < -0.39 is 0 Å². The van der Waals surface area contributed by atoms with Gasteiger partial charge in [0.15, 0.2) is 0 Å². The van der Waals surface area contributed by atoms with Crippen molar-refractivity contribution < 1.29 is 9.59 Å². The van der Waals surface area contributed by atoms with Crippen LogP contribution < -0.4 is 4.90 Å². The molecular weight excluding hydrogens is 568 g/mol. The Bertz CT molecular complexity index is 2460. The lowest BCUT2D eigenvalue weighted by Crippen LogP contribution is -2.29. The summed E-state index contributed by atoms with van der Waals surface area (Å²) in [7, 11) is 0. The van der Waals surface area contributed by atoms with Gasteiger partial charge < -0.3 is 4.57 Å². The summed E-state index contributed by atoms with van der Waals surface area (Å²) in [6, 6.07) is 46.1. The lowest BCUT2D eigenvalue weighted by molar-refractivity contribution is 0.0926. The van der Waals surface area contributed by atoms with E-state index in [1.54, 1.807) is 30.3 Å². The molecule has 0 spiro atoms. The molecular formula is C40H22N4O2. The fourth-order valence-electron chi connectivity index (χ4n) is 6.48. The highest BCUT2D eigenvalue weighted by atomic mass is 16.2. The fraction of sp³-hybridized carbons (Fsp3) is 0. The molecule has 0 aliphatic carbocycles. The van der Waals surface area contributed by atoms with Crippen LogP contribution in [0, 0.1) is 22.7 Å². The normalized spacial score (nSPS) is 12.3. The maximum absolute atomic E-state index is 14.2. The third kappa shape index (κ3) is 4.10. The van der Waals surface area contributed by atoms with Crippen LogP contribution in [0.25, 0.3) is 49.7 Å². The molecule has 7 aromatic rings. The Morgan fingerprint density at radius 3 is 1.96 bits per heavy atom. The van der Waals surface area contributed by atoms with E-state index >= 15 is 0 Å². The van der Waals surface area contributed by atoms with E-state index in [4.69, 9.17) is 0 Å². The van der Waals surface area contributed by atoms with Gasteiger partial charge in [0, 0.05) is 10.8 Å². The van der Waals surface area contributed by atoms with E-state index in [2.05, 4.69) is 12.1 Å². The zero-order valence-electron chi connectivity index (χ0n) is 24.3. The number of imide groups is 1. The molecule has 0 bridgehead atoms. The number of hydrogen-bond donors (Lipinski definition) is 0. The molecule has 6 heteroatoms. The molecule has 0 fully saturated rings. The van der Waals surface area contributed by atoms with Gasteiger partial charge in [0.05, 0.1) is 56.8 Å². The predicted molar refractivity (Wildman–Crippen MR) is 179 cm³/mol. The Morgan fingerprint density at radius 2 is 1.17 bits per heavy atom. The third-order valence-corrected chi connectivity index (χ3v) is 8.54. The first-order valence-electron chi connectivity index (χ1n) is 14.7. The number of amides is 2. The second-order valence-electron chi connectivity index (χ2n) is 11.2. The van der Waals surface area contributed by atoms with E-state index in [1.165, 1.54) is 4.90 Å². The lowest BCUT2D eigenvalue weighted by Gasteiger charge is -2.16. The zero-order valence-corrected chi connectivity index (χ0v) is 24.3. The average molecular weight is 591 g/mol. The van der Waals surface area contributed by atoms with Crippen LogP contribution in [0.5, 0.6) is 0 Å². The summed E-state index contributed by atoms with van der Waals surface area (Å²) in [6.45, 7) is 0. The number of nitriles is 2. The molecule has 2 amide bonds. The zero-order chi connectivity index (χ0) is 31.4. The number of fused-ring (bicyclic) bond motifs is 4. The quantitative estimate of drug-likeness (QED) is 0.192. The number of rotatable bonds is 4. The summed E-state index contributed by atoms with van der Waals surface area (Å²) in [4.78, 5) is 29.4. The average Bonchev–Trinajstić information content (AvgIpc) is 3.58. The first kappa shape index (κ1) is 26.8. The molecule has 0 radical (unpaired) electrons. The minimum absolute atomic E-state index is 0.352. The second-order valence-corrected chi connectivity index (χ2v) is 11.2. The van der Waals surface area contributed by atoms with Crippen molar-refractivity contribution in [1.29, 1.82) is 10.5 Å². The number of benzene rings is 6. The van der Waals surface area contributed by atoms with Gasteiger partial charge in [-0.1, -0.05) is 72.8 Å². The van der Waals surface area contributed by atoms with Crippen molar-refractivity contribution in [3.05, 3.63) is 156 Å². The second kappa shape index (κ2) is 10.4. The van der Waals surface area contributed by atoms with Gasteiger partial charge in [-0.3, -0.25) is 9.59 Å². The molecule has 214 valence electrons. The van der Waals surface area contributed by atoms with Gasteiger partial charge in [0.1, 0.15) is 0 Å². The number of carbonyl (C=O) groups excluding carboxylic acids is 2. The van der Waals surface area contributed by atoms with E-state index in [0.717, 1.165) is 44.1 Å². The molecule has 0 N–H and O–H groups in total. The lowest BCUT2D eigenvalue weighted by atomic mass is 9.99. The summed E-state index contributed by atoms with van der Waals surface area (Å²) < 4.78 is 2.04. The van der Waals surface area contributed by atoms with Crippen molar-refractivity contribution in [3.8, 4) is 40.1 Å². The fourth-order valence-corrected chi connectivity index (χ4v) is 6.48. The topological polar surface area (TPSA) is 89.9 Å². The molecule has 0 saturated carbocycles. The van der Waals surface area contributed by atoms with Gasteiger partial charge in [-0.15, -0.1) is 0 Å². The van der Waals surface area contributed by atoms with Crippen LogP contribution >= 0.6 is 0 Å². The Morgan fingerprint density at radius 1 is 0.500 bits per heavy atom. The molecule has 1 aromatic heterocycles. The van der Waals surface area contributed by atoms with Crippen LogP contribution in [0.4, 0.5) is 5.69 Å². The van der Waals surface area contributed by atoms with Crippen molar-refractivity contribution in [2.45, 2.75) is 0 Å². The van der Waals surface area contributed by atoms with Gasteiger partial charge in [-0.05, 0) is 82.9 Å². The standard InChI is InChI=1S/C40H22N4O2/c41-23-25-18-26(24-42)20-30(19-25)29-16-17-36-34(22-29)32-12-4-5-14-35(32)44(36)37-15-7-13-33-38(37)40(46)43(39(33)45)31-11-6-10-28(21-31)27-8-2-1-3-9-27/h1-22H. The van der Waals surface area contributed by atoms with Gasteiger partial charge in [-0.25, -0.2) is 4.90 Å². The molecule has 6 aromatic carbocycles. The van der Waals surface area contributed by atoms with Crippen LogP contribution in [-0.4, -0.2) is 16.4 Å². The Balaban J connectivity index is 1.29. The maximum Gasteiger partial charge on any atom is 0.268 e. The Kier molecular flexibility index (Phi) is 6.10. The van der Waals surface area contributed by atoms with E-state index in [0.29, 0.717) is 33.6 Å². The van der Waals surface area contributed by atoms with Gasteiger partial charge in [0.2, 0.25) is 0 Å². The maximum atomic E-state index is 14.2. The van der Waals surface area contributed by atoms with Crippen molar-refractivity contribution in [2.75, 3.05) is 4.90 Å². The summed E-state index contributed by atoms with van der Waals surface area (Å²) in [5.74, 6) is -0.735. The highest BCUT2D eigenvalue weighted by molar-refractivity contribution is 6.36. The molecule has 0 atom stereocenters. The smallest absolute Gasteiger partial charge is 0.268 e. The molecule has 8 rings (SSSR count). The number of carbonyl (C=O) groups is 2. The monoisotopic (exact) mass is 590 g/mol. The number of hydrogen-bond acceptors (Lipinski definition) is 4. The molecule has 46 heavy (non-hydrogen) atoms. The highest BCUT2D eigenvalue weighted by Crippen LogP contribution is 2.39. The van der Waals surface area contributed by atoms with Gasteiger partial charge in [0.25, 0.3) is 11.8 Å². The van der Waals surface area contributed by atoms with E-state index in [-0.39, 0.29) is 11.8 Å². The predicted octanol–water partition coefficient (Wildman–Crippen LogP) is 8.66. The van der Waals surface area contributed by atoms with Crippen molar-refractivity contribution >= 4 is 39.3 Å². The number of para-hydroxylation sites is 1. The number of nitrogens with zero attached hydrogens (tertiary/aromatic N) is 4. The Labute approximate surface area is 264 Å². The third-order valence-electron chi connectivity index (χ3n) is 8.54. The van der Waals surface area contributed by atoms with Crippen LogP contribution in [0.2, 0.25) is 0 Å². The molecule has 1 aliphatic heterocycles. The van der Waals surface area contributed by atoms with E-state index in [1.807, 2.05) is 108 Å². The van der Waals surface area contributed by atoms with Gasteiger partial charge in [-0.2, -0.15) is 10.5 Å². The summed E-state index contributed by atoms with van der Waals surface area (Å²) in [5.41, 5.74) is 7.95. The summed E-state index contributed by atoms with van der Waals surface area (Å²) in [5, 5.41) is 21.0. The van der Waals surface area contributed by atoms with E-state index in [9.17, 15) is 20.1 Å². The molecule has 0 unspecified atom stereocenters. The molecule has 2 heterocycles. The molecule has 6 nitrogen and oxygen atoms in total.